The molecule has 0 aliphatic heterocycles. The molecule has 4 fully saturated rings. The first-order valence-electron chi connectivity index (χ1n) is 14.3. The molecule has 1 aromatic rings. The average Bonchev–Trinajstić information content (AvgIpc) is 2.76. The van der Waals surface area contributed by atoms with Crippen molar-refractivity contribution >= 4 is 16.2 Å². The van der Waals surface area contributed by atoms with Crippen LogP contribution in [0.2, 0.25) is 0 Å². The Morgan fingerprint density at radius 2 is 1.46 bits per heavy atom. The van der Waals surface area contributed by atoms with Crippen molar-refractivity contribution in [3.63, 3.8) is 0 Å². The molecule has 4 atom stereocenters. The predicted molar refractivity (Wildman–Crippen MR) is 149 cm³/mol. The molecule has 9 heteroatoms. The van der Waals surface area contributed by atoms with E-state index < -0.39 is 15.7 Å². The molecule has 1 aromatic carbocycles. The first-order valence-corrected chi connectivity index (χ1v) is 15.7. The third kappa shape index (κ3) is 7.54. The van der Waals surface area contributed by atoms with Gasteiger partial charge in [0, 0.05) is 12.1 Å². The zero-order valence-electron chi connectivity index (χ0n) is 24.6. The molecule has 39 heavy (non-hydrogen) atoms. The smallest absolute Gasteiger partial charge is 0.410 e. The Kier molecular flexibility index (Phi) is 8.77. The van der Waals surface area contributed by atoms with Gasteiger partial charge in [-0.15, -0.1) is 0 Å². The fourth-order valence-corrected chi connectivity index (χ4v) is 8.87. The highest BCUT2D eigenvalue weighted by Crippen LogP contribution is 2.67. The maximum atomic E-state index is 13.5. The molecule has 0 saturated heterocycles. The van der Waals surface area contributed by atoms with E-state index in [1.165, 1.54) is 31.4 Å². The number of amides is 1. The third-order valence-electron chi connectivity index (χ3n) is 8.39. The van der Waals surface area contributed by atoms with Gasteiger partial charge in [-0.3, -0.25) is 4.18 Å². The predicted octanol–water partition coefficient (Wildman–Crippen LogP) is 5.72. The molecule has 0 N–H and O–H groups in total. The van der Waals surface area contributed by atoms with Crippen molar-refractivity contribution in [1.29, 1.82) is 0 Å². The lowest BCUT2D eigenvalue weighted by Crippen LogP contribution is -2.67. The number of ether oxygens (including phenoxy) is 3. The van der Waals surface area contributed by atoms with Gasteiger partial charge >= 0.3 is 6.09 Å². The molecule has 8 nitrogen and oxygen atoms in total. The number of nitrogens with zero attached hydrogens (tertiary/aromatic N) is 1. The van der Waals surface area contributed by atoms with Crippen LogP contribution in [-0.2, 0) is 28.5 Å². The summed E-state index contributed by atoms with van der Waals surface area (Å²) in [6, 6.07) is 6.53. The molecule has 5 rings (SSSR count). The summed E-state index contributed by atoms with van der Waals surface area (Å²) in [7, 11) is -3.80. The van der Waals surface area contributed by atoms with Gasteiger partial charge in [0.05, 0.1) is 37.9 Å². The average molecular weight is 566 g/mol. The summed E-state index contributed by atoms with van der Waals surface area (Å²) in [5.74, 6) is 0.660. The van der Waals surface area contributed by atoms with Gasteiger partial charge < -0.3 is 19.1 Å². The van der Waals surface area contributed by atoms with Crippen molar-refractivity contribution in [2.45, 2.75) is 96.1 Å². The fourth-order valence-electron chi connectivity index (χ4n) is 7.98. The Morgan fingerprint density at radius 1 is 0.897 bits per heavy atom. The quantitative estimate of drug-likeness (QED) is 0.236. The van der Waals surface area contributed by atoms with Crippen LogP contribution in [0, 0.1) is 23.7 Å². The van der Waals surface area contributed by atoms with Crippen LogP contribution in [0.25, 0.3) is 0 Å². The lowest BCUT2D eigenvalue weighted by Gasteiger charge is -2.67. The van der Waals surface area contributed by atoms with Crippen molar-refractivity contribution in [3.8, 4) is 0 Å². The Balaban J connectivity index is 1.24. The van der Waals surface area contributed by atoms with Gasteiger partial charge in [0.25, 0.3) is 10.1 Å². The summed E-state index contributed by atoms with van der Waals surface area (Å²) in [6.45, 7) is 14.0. The lowest BCUT2D eigenvalue weighted by molar-refractivity contribution is -0.159. The molecule has 4 aliphatic carbocycles. The minimum Gasteiger partial charge on any atom is -0.444 e. The van der Waals surface area contributed by atoms with Crippen LogP contribution in [0.15, 0.2) is 29.2 Å². The van der Waals surface area contributed by atoms with Crippen molar-refractivity contribution in [2.24, 2.45) is 16.7 Å². The van der Waals surface area contributed by atoms with Crippen molar-refractivity contribution < 1.29 is 31.6 Å². The minimum absolute atomic E-state index is 0.0656. The molecule has 1 amide bonds. The van der Waals surface area contributed by atoms with Crippen molar-refractivity contribution in [3.05, 3.63) is 29.8 Å². The summed E-state index contributed by atoms with van der Waals surface area (Å²) in [5, 5.41) is 0. The maximum absolute atomic E-state index is 13.5. The molecule has 0 spiro atoms. The first kappa shape index (κ1) is 30.3. The normalized spacial score (nSPS) is 29.9. The van der Waals surface area contributed by atoms with E-state index in [1.807, 2.05) is 32.6 Å². The first-order chi connectivity index (χ1) is 18.1. The summed E-state index contributed by atoms with van der Waals surface area (Å²) in [4.78, 5) is 15.6. The van der Waals surface area contributed by atoms with Crippen LogP contribution in [-0.4, -0.2) is 70.1 Å². The summed E-state index contributed by atoms with van der Waals surface area (Å²) in [6.07, 6.45) is 6.62. The van der Waals surface area contributed by atoms with E-state index in [0.29, 0.717) is 32.3 Å². The van der Waals surface area contributed by atoms with E-state index in [2.05, 4.69) is 13.8 Å². The number of hydrogen-bond acceptors (Lipinski definition) is 7. The number of carbonyl (C=O) groups excluding carboxylic acids is 1. The molecule has 4 saturated carbocycles. The van der Waals surface area contributed by atoms with E-state index in [0.717, 1.165) is 24.8 Å². The molecule has 220 valence electrons. The molecule has 0 heterocycles. The molecule has 4 aliphatic rings. The summed E-state index contributed by atoms with van der Waals surface area (Å²) >= 11 is 0. The van der Waals surface area contributed by atoms with Crippen molar-refractivity contribution in [1.82, 2.24) is 4.90 Å². The molecule has 2 unspecified atom stereocenters. The number of carbonyl (C=O) groups is 1. The standard InChI is InChI=1S/C30H47NO7S/c1-23-7-9-25(10-8-23)39(33,34)37-16-15-36-14-13-35-12-11-31(26(32)38-27(2,3)4)30-19-24-17-28(5,21-30)20-29(6,18-24)22-30/h7-10,24H,11-22H2,1-6H3/t24?,28-,29+,30?. The van der Waals surface area contributed by atoms with Gasteiger partial charge in [0.2, 0.25) is 0 Å². The molecule has 0 radical (unpaired) electrons. The number of benzene rings is 1. The monoisotopic (exact) mass is 565 g/mol. The van der Waals surface area contributed by atoms with Crippen LogP contribution in [0.1, 0.15) is 78.7 Å². The topological polar surface area (TPSA) is 91.4 Å². The zero-order valence-corrected chi connectivity index (χ0v) is 25.4. The second-order valence-corrected chi connectivity index (χ2v) is 15.4. The Hall–Kier alpha value is -1.68. The van der Waals surface area contributed by atoms with Gasteiger partial charge in [-0.05, 0) is 95.1 Å². The summed E-state index contributed by atoms with van der Waals surface area (Å²) < 4.78 is 46.8. The van der Waals surface area contributed by atoms with Crippen LogP contribution in [0.4, 0.5) is 4.79 Å². The third-order valence-corrected chi connectivity index (χ3v) is 9.72. The van der Waals surface area contributed by atoms with Crippen LogP contribution >= 0.6 is 0 Å². The highest BCUT2D eigenvalue weighted by atomic mass is 32.2. The Bertz CT molecular complexity index is 1090. The highest BCUT2D eigenvalue weighted by Gasteiger charge is 2.63. The maximum Gasteiger partial charge on any atom is 0.410 e. The fraction of sp³-hybridized carbons (Fsp3) is 0.767. The minimum atomic E-state index is -3.80. The summed E-state index contributed by atoms with van der Waals surface area (Å²) in [5.41, 5.74) is 0.796. The second-order valence-electron chi connectivity index (χ2n) is 13.8. The van der Waals surface area contributed by atoms with Gasteiger partial charge in [0.1, 0.15) is 5.60 Å². The molecule has 0 aromatic heterocycles. The van der Waals surface area contributed by atoms with Crippen LogP contribution < -0.4 is 0 Å². The van der Waals surface area contributed by atoms with Gasteiger partial charge in [-0.1, -0.05) is 31.5 Å². The molecular formula is C30H47NO7S. The Morgan fingerprint density at radius 3 is 2.03 bits per heavy atom. The highest BCUT2D eigenvalue weighted by molar-refractivity contribution is 7.86. The van der Waals surface area contributed by atoms with Gasteiger partial charge in [-0.25, -0.2) is 4.79 Å². The molecular weight excluding hydrogens is 518 g/mol. The van der Waals surface area contributed by atoms with E-state index in [9.17, 15) is 13.2 Å². The zero-order chi connectivity index (χ0) is 28.5. The number of rotatable bonds is 12. The van der Waals surface area contributed by atoms with E-state index >= 15 is 0 Å². The second kappa shape index (κ2) is 11.3. The van der Waals surface area contributed by atoms with E-state index in [-0.39, 0.29) is 40.6 Å². The van der Waals surface area contributed by atoms with Crippen LogP contribution in [0.5, 0.6) is 0 Å². The van der Waals surface area contributed by atoms with E-state index in [4.69, 9.17) is 18.4 Å². The van der Waals surface area contributed by atoms with Gasteiger partial charge in [0.15, 0.2) is 0 Å². The largest absolute Gasteiger partial charge is 0.444 e. The van der Waals surface area contributed by atoms with Crippen LogP contribution in [0.3, 0.4) is 0 Å². The number of hydrogen-bond donors (Lipinski definition) is 0. The molecule has 4 bridgehead atoms. The lowest BCUT2D eigenvalue weighted by atomic mass is 9.42. The number of aryl methyl sites for hydroxylation is 1. The van der Waals surface area contributed by atoms with Gasteiger partial charge in [-0.2, -0.15) is 8.42 Å². The SMILES string of the molecule is Cc1ccc(S(=O)(=O)OCCOCCOCCN(C(=O)OC(C)(C)C)C23CC4C[C@@](C)(C2)C[C@](C)(C4)C3)cc1. The Labute approximate surface area is 234 Å². The van der Waals surface area contributed by atoms with Crippen molar-refractivity contribution in [2.75, 3.05) is 39.6 Å². The van der Waals surface area contributed by atoms with E-state index in [1.54, 1.807) is 12.1 Å².